The maximum atomic E-state index is 12.7. The number of hydrogen-bond donors (Lipinski definition) is 2. The van der Waals surface area contributed by atoms with Crippen LogP contribution >= 0.6 is 23.2 Å². The van der Waals surface area contributed by atoms with Crippen LogP contribution in [0.3, 0.4) is 0 Å². The van der Waals surface area contributed by atoms with Gasteiger partial charge in [-0.3, -0.25) is 9.59 Å². The van der Waals surface area contributed by atoms with E-state index < -0.39 is 11.3 Å². The van der Waals surface area contributed by atoms with Crippen molar-refractivity contribution in [3.63, 3.8) is 0 Å². The maximum Gasteiger partial charge on any atom is 0.240 e. The van der Waals surface area contributed by atoms with Crippen LogP contribution in [0.25, 0.3) is 0 Å². The van der Waals surface area contributed by atoms with E-state index in [4.69, 9.17) is 23.2 Å². The first-order valence-electron chi connectivity index (χ1n) is 8.18. The molecule has 26 heavy (non-hydrogen) atoms. The average Bonchev–Trinajstić information content (AvgIpc) is 3.40. The minimum atomic E-state index is -1.08. The Bertz CT molecular complexity index is 826. The van der Waals surface area contributed by atoms with Crippen molar-refractivity contribution in [2.24, 2.45) is 5.41 Å². The summed E-state index contributed by atoms with van der Waals surface area (Å²) in [6, 6.07) is 12.4. The molecule has 3 rings (SSSR count). The molecule has 0 heterocycles. The Hall–Kier alpha value is -2.24. The lowest BCUT2D eigenvalue weighted by molar-refractivity contribution is -0.131. The number of para-hydroxylation sites is 1. The number of rotatable bonds is 5. The van der Waals surface area contributed by atoms with Crippen molar-refractivity contribution in [1.82, 2.24) is 0 Å². The van der Waals surface area contributed by atoms with E-state index in [9.17, 15) is 9.59 Å². The number of anilines is 3. The van der Waals surface area contributed by atoms with Crippen molar-refractivity contribution in [3.8, 4) is 0 Å². The fourth-order valence-corrected chi connectivity index (χ4v) is 3.12. The van der Waals surface area contributed by atoms with Crippen molar-refractivity contribution >= 4 is 52.1 Å². The van der Waals surface area contributed by atoms with E-state index in [0.29, 0.717) is 34.3 Å². The third kappa shape index (κ3) is 3.64. The summed E-state index contributed by atoms with van der Waals surface area (Å²) in [6.07, 6.45) is 0.977. The summed E-state index contributed by atoms with van der Waals surface area (Å²) >= 11 is 12.2. The second-order valence-electron chi connectivity index (χ2n) is 6.53. The Balaban J connectivity index is 1.71. The van der Waals surface area contributed by atoms with E-state index in [1.807, 2.05) is 43.3 Å². The summed E-state index contributed by atoms with van der Waals surface area (Å²) in [5, 5.41) is 6.19. The summed E-state index contributed by atoms with van der Waals surface area (Å²) < 4.78 is 0. The number of carbonyl (C=O) groups is 2. The molecule has 0 aliphatic heterocycles. The molecule has 136 valence electrons. The van der Waals surface area contributed by atoms with Gasteiger partial charge in [0, 0.05) is 25.5 Å². The number of nitrogens with one attached hydrogen (secondary N) is 2. The monoisotopic (exact) mass is 391 g/mol. The van der Waals surface area contributed by atoms with Crippen molar-refractivity contribution in [1.29, 1.82) is 0 Å². The number of carbonyl (C=O) groups excluding carboxylic acids is 2. The van der Waals surface area contributed by atoms with Gasteiger partial charge in [-0.05, 0) is 49.2 Å². The number of benzene rings is 2. The number of halogens is 2. The molecule has 7 heteroatoms. The van der Waals surface area contributed by atoms with Crippen LogP contribution < -0.4 is 15.5 Å². The molecular formula is C19H19Cl2N3O2. The summed E-state index contributed by atoms with van der Waals surface area (Å²) in [5.74, 6) is -0.717. The third-order valence-electron chi connectivity index (χ3n) is 4.46. The molecule has 0 aromatic heterocycles. The zero-order chi connectivity index (χ0) is 18.9. The zero-order valence-corrected chi connectivity index (χ0v) is 16.0. The lowest BCUT2D eigenvalue weighted by Crippen LogP contribution is -2.35. The normalized spacial score (nSPS) is 14.5. The minimum Gasteiger partial charge on any atom is -0.378 e. The molecule has 0 bridgehead atoms. The minimum absolute atomic E-state index is 0.323. The highest BCUT2D eigenvalue weighted by Gasteiger charge is 2.56. The fraction of sp³-hybridized carbons (Fsp3) is 0.263. The number of amides is 2. The Labute approximate surface area is 162 Å². The van der Waals surface area contributed by atoms with Crippen molar-refractivity contribution in [2.45, 2.75) is 12.8 Å². The average molecular weight is 392 g/mol. The second-order valence-corrected chi connectivity index (χ2v) is 7.34. The SMILES string of the molecule is CN(C)c1ccc(NC(=O)C2(C(=O)Nc3c(Cl)cccc3Cl)CC2)cc1. The van der Waals surface area contributed by atoms with E-state index in [0.717, 1.165) is 5.69 Å². The molecule has 2 amide bonds. The van der Waals surface area contributed by atoms with E-state index in [1.54, 1.807) is 18.2 Å². The predicted molar refractivity (Wildman–Crippen MR) is 106 cm³/mol. The smallest absolute Gasteiger partial charge is 0.240 e. The van der Waals surface area contributed by atoms with Crippen molar-refractivity contribution in [2.75, 3.05) is 29.6 Å². The molecule has 0 unspecified atom stereocenters. The van der Waals surface area contributed by atoms with Crippen LogP contribution in [0.5, 0.6) is 0 Å². The maximum absolute atomic E-state index is 12.7. The predicted octanol–water partition coefficient (Wildman–Crippen LogP) is 4.42. The fourth-order valence-electron chi connectivity index (χ4n) is 2.63. The molecule has 0 saturated heterocycles. The molecule has 1 fully saturated rings. The summed E-state index contributed by atoms with van der Waals surface area (Å²) in [4.78, 5) is 27.3. The first-order chi connectivity index (χ1) is 12.3. The van der Waals surface area contributed by atoms with E-state index in [1.165, 1.54) is 0 Å². The van der Waals surface area contributed by atoms with Gasteiger partial charge in [0.05, 0.1) is 15.7 Å². The first kappa shape index (κ1) is 18.5. The van der Waals surface area contributed by atoms with Gasteiger partial charge in [0.2, 0.25) is 11.8 Å². The highest BCUT2D eigenvalue weighted by molar-refractivity contribution is 6.40. The topological polar surface area (TPSA) is 61.4 Å². The Morgan fingerprint density at radius 2 is 1.46 bits per heavy atom. The van der Waals surface area contributed by atoms with Gasteiger partial charge in [0.25, 0.3) is 0 Å². The van der Waals surface area contributed by atoms with Gasteiger partial charge in [0.1, 0.15) is 5.41 Å². The van der Waals surface area contributed by atoms with E-state index in [2.05, 4.69) is 10.6 Å². The van der Waals surface area contributed by atoms with Crippen LogP contribution in [0.1, 0.15) is 12.8 Å². The van der Waals surface area contributed by atoms with Gasteiger partial charge in [-0.15, -0.1) is 0 Å². The lowest BCUT2D eigenvalue weighted by atomic mass is 10.0. The van der Waals surface area contributed by atoms with Gasteiger partial charge in [-0.25, -0.2) is 0 Å². The summed E-state index contributed by atoms with van der Waals surface area (Å²) in [7, 11) is 3.88. The van der Waals surface area contributed by atoms with Gasteiger partial charge >= 0.3 is 0 Å². The molecule has 1 saturated carbocycles. The molecule has 2 aromatic carbocycles. The van der Waals surface area contributed by atoms with Gasteiger partial charge in [0.15, 0.2) is 0 Å². The van der Waals surface area contributed by atoms with Gasteiger partial charge < -0.3 is 15.5 Å². The first-order valence-corrected chi connectivity index (χ1v) is 8.93. The van der Waals surface area contributed by atoms with Gasteiger partial charge in [-0.1, -0.05) is 29.3 Å². The third-order valence-corrected chi connectivity index (χ3v) is 5.09. The molecule has 0 radical (unpaired) electrons. The molecule has 0 spiro atoms. The number of hydrogen-bond acceptors (Lipinski definition) is 3. The number of nitrogens with zero attached hydrogens (tertiary/aromatic N) is 1. The molecule has 5 nitrogen and oxygen atoms in total. The molecular weight excluding hydrogens is 373 g/mol. The van der Waals surface area contributed by atoms with Crippen LogP contribution in [-0.4, -0.2) is 25.9 Å². The molecule has 2 N–H and O–H groups in total. The second kappa shape index (κ2) is 7.17. The van der Waals surface area contributed by atoms with Crippen LogP contribution in [0, 0.1) is 5.41 Å². The quantitative estimate of drug-likeness (QED) is 0.741. The van der Waals surface area contributed by atoms with Gasteiger partial charge in [-0.2, -0.15) is 0 Å². The van der Waals surface area contributed by atoms with E-state index in [-0.39, 0.29) is 5.91 Å². The highest BCUT2D eigenvalue weighted by Crippen LogP contribution is 2.48. The Kier molecular flexibility index (Phi) is 5.12. The Morgan fingerprint density at radius 3 is 1.96 bits per heavy atom. The van der Waals surface area contributed by atoms with Crippen LogP contribution in [0.2, 0.25) is 10.0 Å². The highest BCUT2D eigenvalue weighted by atomic mass is 35.5. The molecule has 0 atom stereocenters. The summed E-state index contributed by atoms with van der Waals surface area (Å²) in [6.45, 7) is 0. The Morgan fingerprint density at radius 1 is 0.923 bits per heavy atom. The standard InChI is InChI=1S/C19H19Cl2N3O2/c1-24(2)13-8-6-12(7-9-13)22-17(25)19(10-11-19)18(26)23-16-14(20)4-3-5-15(16)21/h3-9H,10-11H2,1-2H3,(H,22,25)(H,23,26). The summed E-state index contributed by atoms with van der Waals surface area (Å²) in [5.41, 5.74) is 0.920. The van der Waals surface area contributed by atoms with Crippen molar-refractivity contribution < 1.29 is 9.59 Å². The zero-order valence-electron chi connectivity index (χ0n) is 14.5. The van der Waals surface area contributed by atoms with Crippen molar-refractivity contribution in [3.05, 3.63) is 52.5 Å². The van der Waals surface area contributed by atoms with E-state index >= 15 is 0 Å². The van der Waals surface area contributed by atoms with Crippen LogP contribution in [-0.2, 0) is 9.59 Å². The lowest BCUT2D eigenvalue weighted by Gasteiger charge is -2.17. The van der Waals surface area contributed by atoms with Crippen LogP contribution in [0.4, 0.5) is 17.1 Å². The molecule has 1 aliphatic rings. The molecule has 1 aliphatic carbocycles. The largest absolute Gasteiger partial charge is 0.378 e. The molecule has 2 aromatic rings. The van der Waals surface area contributed by atoms with Crippen LogP contribution in [0.15, 0.2) is 42.5 Å².